The van der Waals surface area contributed by atoms with Crippen molar-refractivity contribution in [2.24, 2.45) is 5.92 Å². The first kappa shape index (κ1) is 23.9. The van der Waals surface area contributed by atoms with E-state index in [9.17, 15) is 9.59 Å². The van der Waals surface area contributed by atoms with Crippen molar-refractivity contribution < 1.29 is 14.3 Å². The lowest BCUT2D eigenvalue weighted by molar-refractivity contribution is -0.137. The number of aromatic nitrogens is 3. The third kappa shape index (κ3) is 4.94. The standard InChI is InChI=1S/C24H27N5O4S2/c1-32-9-7-29(8-10-33-2)23(30)14-3-5-16-18(11-14)34-22-20(16)21(25-13-26-22)27-15-4-6-17-19(12-15)35-24(31)28-17/h4,6,12-14H,3,5,7-11H2,1-2H3,(H,28,31)(H,25,26,27). The van der Waals surface area contributed by atoms with E-state index in [2.05, 4.69) is 20.3 Å². The van der Waals surface area contributed by atoms with Crippen LogP contribution in [0.1, 0.15) is 16.9 Å². The van der Waals surface area contributed by atoms with E-state index in [4.69, 9.17) is 9.47 Å². The molecule has 0 aliphatic heterocycles. The summed E-state index contributed by atoms with van der Waals surface area (Å²) in [4.78, 5) is 40.8. The highest BCUT2D eigenvalue weighted by Crippen LogP contribution is 2.41. The SMILES string of the molecule is COCCN(CCOC)C(=O)C1CCc2c(sc3ncnc(Nc4ccc5[nH]c(=O)sc5c4)c23)C1. The van der Waals surface area contributed by atoms with Gasteiger partial charge in [0.25, 0.3) is 0 Å². The van der Waals surface area contributed by atoms with E-state index < -0.39 is 0 Å². The zero-order valence-corrected chi connectivity index (χ0v) is 21.3. The molecular weight excluding hydrogens is 486 g/mol. The Hall–Kier alpha value is -2.86. The summed E-state index contributed by atoms with van der Waals surface area (Å²) in [6.07, 6.45) is 3.86. The van der Waals surface area contributed by atoms with Gasteiger partial charge in [0.05, 0.1) is 28.8 Å². The molecule has 35 heavy (non-hydrogen) atoms. The smallest absolute Gasteiger partial charge is 0.305 e. The minimum atomic E-state index is -0.0689. The normalized spacial score (nSPS) is 15.4. The summed E-state index contributed by atoms with van der Waals surface area (Å²) in [5, 5.41) is 4.45. The van der Waals surface area contributed by atoms with Crippen LogP contribution in [0.2, 0.25) is 0 Å². The monoisotopic (exact) mass is 513 g/mol. The summed E-state index contributed by atoms with van der Waals surface area (Å²) in [6.45, 7) is 2.14. The number of fused-ring (bicyclic) bond motifs is 4. The van der Waals surface area contributed by atoms with E-state index in [1.807, 2.05) is 23.1 Å². The molecule has 1 atom stereocenters. The molecule has 1 aliphatic rings. The Balaban J connectivity index is 1.39. The van der Waals surface area contributed by atoms with Crippen molar-refractivity contribution in [1.29, 1.82) is 0 Å². The van der Waals surface area contributed by atoms with Crippen molar-refractivity contribution in [2.75, 3.05) is 45.8 Å². The number of nitrogens with zero attached hydrogens (tertiary/aromatic N) is 3. The van der Waals surface area contributed by atoms with Crippen molar-refractivity contribution in [2.45, 2.75) is 19.3 Å². The van der Waals surface area contributed by atoms with E-state index >= 15 is 0 Å². The highest BCUT2D eigenvalue weighted by atomic mass is 32.1. The van der Waals surface area contributed by atoms with Gasteiger partial charge in [0, 0.05) is 43.8 Å². The molecule has 0 fully saturated rings. The number of methoxy groups -OCH3 is 2. The number of rotatable bonds is 9. The first-order chi connectivity index (χ1) is 17.1. The lowest BCUT2D eigenvalue weighted by Gasteiger charge is -2.29. The van der Waals surface area contributed by atoms with E-state index in [-0.39, 0.29) is 16.7 Å². The van der Waals surface area contributed by atoms with Gasteiger partial charge in [-0.15, -0.1) is 11.3 Å². The van der Waals surface area contributed by atoms with Gasteiger partial charge in [-0.05, 0) is 43.0 Å². The molecule has 0 saturated carbocycles. The maximum Gasteiger partial charge on any atom is 0.305 e. The molecular formula is C24H27N5O4S2. The third-order valence-corrected chi connectivity index (χ3v) is 8.33. The van der Waals surface area contributed by atoms with E-state index in [0.717, 1.165) is 44.8 Å². The summed E-state index contributed by atoms with van der Waals surface area (Å²) in [5.74, 6) is 0.846. The van der Waals surface area contributed by atoms with Crippen LogP contribution in [0.25, 0.3) is 20.4 Å². The van der Waals surface area contributed by atoms with Gasteiger partial charge in [0.15, 0.2) is 0 Å². The Morgan fingerprint density at radius 2 is 2.00 bits per heavy atom. The lowest BCUT2D eigenvalue weighted by Crippen LogP contribution is -2.41. The molecule has 0 spiro atoms. The molecule has 1 aromatic carbocycles. The number of aromatic amines is 1. The van der Waals surface area contributed by atoms with Crippen molar-refractivity contribution >= 4 is 60.5 Å². The van der Waals surface area contributed by atoms with Gasteiger partial charge >= 0.3 is 4.87 Å². The molecule has 4 aromatic rings. The number of H-pyrrole nitrogens is 1. The largest absolute Gasteiger partial charge is 0.383 e. The fraction of sp³-hybridized carbons (Fsp3) is 0.417. The highest BCUT2D eigenvalue weighted by Gasteiger charge is 2.31. The quantitative estimate of drug-likeness (QED) is 0.352. The van der Waals surface area contributed by atoms with Gasteiger partial charge in [-0.1, -0.05) is 11.3 Å². The second kappa shape index (κ2) is 10.4. The molecule has 1 amide bonds. The van der Waals surface area contributed by atoms with E-state index in [1.165, 1.54) is 21.8 Å². The number of carbonyl (C=O) groups excluding carboxylic acids is 1. The zero-order valence-electron chi connectivity index (χ0n) is 19.6. The number of aryl methyl sites for hydroxylation is 1. The molecule has 1 aliphatic carbocycles. The summed E-state index contributed by atoms with van der Waals surface area (Å²) in [6, 6.07) is 5.78. The molecule has 0 saturated heterocycles. The second-order valence-corrected chi connectivity index (χ2v) is 10.6. The molecule has 9 nitrogen and oxygen atoms in total. The van der Waals surface area contributed by atoms with Gasteiger partial charge in [-0.25, -0.2) is 9.97 Å². The maximum absolute atomic E-state index is 13.3. The van der Waals surface area contributed by atoms with Crippen LogP contribution < -0.4 is 10.2 Å². The number of nitrogens with one attached hydrogen (secondary N) is 2. The Morgan fingerprint density at radius 3 is 2.77 bits per heavy atom. The first-order valence-corrected chi connectivity index (χ1v) is 13.1. The molecule has 2 N–H and O–H groups in total. The fourth-order valence-corrected chi connectivity index (χ4v) is 6.61. The van der Waals surface area contributed by atoms with Crippen LogP contribution in [-0.4, -0.2) is 66.3 Å². The number of carbonyl (C=O) groups is 1. The average Bonchev–Trinajstić information content (AvgIpc) is 3.42. The van der Waals surface area contributed by atoms with Crippen LogP contribution in [0.4, 0.5) is 11.5 Å². The van der Waals surface area contributed by atoms with Gasteiger partial charge in [-0.2, -0.15) is 0 Å². The number of thiazole rings is 1. The van der Waals surface area contributed by atoms with Crippen molar-refractivity contribution in [3.05, 3.63) is 44.6 Å². The lowest BCUT2D eigenvalue weighted by atomic mass is 9.87. The number of thiophene rings is 1. The van der Waals surface area contributed by atoms with E-state index in [1.54, 1.807) is 31.9 Å². The summed E-state index contributed by atoms with van der Waals surface area (Å²) in [5.41, 5.74) is 2.92. The number of amides is 1. The Kier molecular flexibility index (Phi) is 7.09. The van der Waals surface area contributed by atoms with Gasteiger partial charge < -0.3 is 24.7 Å². The predicted octanol–water partition coefficient (Wildman–Crippen LogP) is 3.56. The van der Waals surface area contributed by atoms with E-state index in [0.29, 0.717) is 32.7 Å². The predicted molar refractivity (Wildman–Crippen MR) is 139 cm³/mol. The van der Waals surface area contributed by atoms with Crippen LogP contribution >= 0.6 is 22.7 Å². The fourth-order valence-electron chi connectivity index (χ4n) is 4.57. The van der Waals surface area contributed by atoms with Crippen LogP contribution in [0.15, 0.2) is 29.3 Å². The molecule has 184 valence electrons. The van der Waals surface area contributed by atoms with Gasteiger partial charge in [0.2, 0.25) is 5.91 Å². The maximum atomic E-state index is 13.3. The Morgan fingerprint density at radius 1 is 1.20 bits per heavy atom. The molecule has 5 rings (SSSR count). The van der Waals surface area contributed by atoms with Crippen LogP contribution in [-0.2, 0) is 27.1 Å². The first-order valence-electron chi connectivity index (χ1n) is 11.5. The molecule has 11 heteroatoms. The van der Waals surface area contributed by atoms with Crippen molar-refractivity contribution in [1.82, 2.24) is 19.9 Å². The number of hydrogen-bond donors (Lipinski definition) is 2. The summed E-state index contributed by atoms with van der Waals surface area (Å²) in [7, 11) is 3.29. The third-order valence-electron chi connectivity index (χ3n) is 6.32. The zero-order chi connectivity index (χ0) is 24.4. The van der Waals surface area contributed by atoms with Crippen LogP contribution in [0, 0.1) is 5.92 Å². The van der Waals surface area contributed by atoms with Crippen molar-refractivity contribution in [3.8, 4) is 0 Å². The number of anilines is 2. The molecule has 0 bridgehead atoms. The number of hydrogen-bond acceptors (Lipinski definition) is 9. The second-order valence-electron chi connectivity index (χ2n) is 8.51. The minimum Gasteiger partial charge on any atom is -0.383 e. The Bertz CT molecular complexity index is 1400. The highest BCUT2D eigenvalue weighted by molar-refractivity contribution is 7.19. The summed E-state index contributed by atoms with van der Waals surface area (Å²) >= 11 is 2.83. The molecule has 0 radical (unpaired) electrons. The number of ether oxygens (including phenoxy) is 2. The number of benzene rings is 1. The van der Waals surface area contributed by atoms with Crippen LogP contribution in [0.3, 0.4) is 0 Å². The molecule has 1 unspecified atom stereocenters. The molecule has 3 aromatic heterocycles. The van der Waals surface area contributed by atoms with Crippen LogP contribution in [0.5, 0.6) is 0 Å². The van der Waals surface area contributed by atoms with Gasteiger partial charge in [-0.3, -0.25) is 9.59 Å². The Labute approximate surface area is 210 Å². The molecule has 3 heterocycles. The topological polar surface area (TPSA) is 109 Å². The van der Waals surface area contributed by atoms with Crippen molar-refractivity contribution in [3.63, 3.8) is 0 Å². The average molecular weight is 514 g/mol. The summed E-state index contributed by atoms with van der Waals surface area (Å²) < 4.78 is 11.3. The minimum absolute atomic E-state index is 0.0626. The van der Waals surface area contributed by atoms with Gasteiger partial charge in [0.1, 0.15) is 17.0 Å².